The van der Waals surface area contributed by atoms with Crippen LogP contribution in [-0.2, 0) is 25.9 Å². The van der Waals surface area contributed by atoms with Crippen LogP contribution in [0.4, 0.5) is 0 Å². The summed E-state index contributed by atoms with van der Waals surface area (Å²) in [6.45, 7) is 9.43. The zero-order valence-corrected chi connectivity index (χ0v) is 22.8. The van der Waals surface area contributed by atoms with Gasteiger partial charge in [-0.05, 0) is 54.0 Å². The van der Waals surface area contributed by atoms with Crippen molar-refractivity contribution in [3.8, 4) is 17.0 Å². The summed E-state index contributed by atoms with van der Waals surface area (Å²) in [5, 5.41) is 0. The highest BCUT2D eigenvalue weighted by Crippen LogP contribution is 2.32. The molecular formula is C34H40N2O. The van der Waals surface area contributed by atoms with Crippen LogP contribution in [0.15, 0.2) is 91.1 Å². The van der Waals surface area contributed by atoms with Crippen LogP contribution in [0.25, 0.3) is 11.3 Å². The van der Waals surface area contributed by atoms with Gasteiger partial charge < -0.3 is 4.74 Å². The van der Waals surface area contributed by atoms with Crippen LogP contribution in [0.2, 0.25) is 0 Å². The SMILES string of the molecule is CCc1cccc(CC)c1-c1cc(OC)c(CN(CCC(C)c2ccccc2)Cc2ccccc2)cn1. The number of nitrogens with zero attached hydrogens (tertiary/aromatic N) is 2. The van der Waals surface area contributed by atoms with Crippen molar-refractivity contribution in [3.63, 3.8) is 0 Å². The Kier molecular flexibility index (Phi) is 9.51. The van der Waals surface area contributed by atoms with Crippen molar-refractivity contribution in [3.05, 3.63) is 119 Å². The lowest BCUT2D eigenvalue weighted by Crippen LogP contribution is -2.25. The summed E-state index contributed by atoms with van der Waals surface area (Å²) >= 11 is 0. The van der Waals surface area contributed by atoms with E-state index in [1.807, 2.05) is 6.20 Å². The molecule has 0 aliphatic rings. The van der Waals surface area contributed by atoms with Crippen molar-refractivity contribution >= 4 is 0 Å². The van der Waals surface area contributed by atoms with E-state index in [0.717, 1.165) is 55.9 Å². The topological polar surface area (TPSA) is 25.4 Å². The van der Waals surface area contributed by atoms with Gasteiger partial charge in [-0.25, -0.2) is 0 Å². The fraction of sp³-hybridized carbons (Fsp3) is 0.324. The molecule has 1 aromatic heterocycles. The third kappa shape index (κ3) is 6.87. The van der Waals surface area contributed by atoms with Crippen molar-refractivity contribution in [1.29, 1.82) is 0 Å². The maximum Gasteiger partial charge on any atom is 0.127 e. The van der Waals surface area contributed by atoms with E-state index in [0.29, 0.717) is 5.92 Å². The van der Waals surface area contributed by atoms with E-state index in [-0.39, 0.29) is 0 Å². The van der Waals surface area contributed by atoms with Crippen molar-refractivity contribution in [1.82, 2.24) is 9.88 Å². The lowest BCUT2D eigenvalue weighted by molar-refractivity contribution is 0.243. The van der Waals surface area contributed by atoms with E-state index in [1.54, 1.807) is 7.11 Å². The Morgan fingerprint density at radius 1 is 0.784 bits per heavy atom. The molecule has 0 aliphatic carbocycles. The van der Waals surface area contributed by atoms with E-state index in [2.05, 4.69) is 111 Å². The van der Waals surface area contributed by atoms with Crippen LogP contribution >= 0.6 is 0 Å². The number of ether oxygens (including phenoxy) is 1. The third-order valence-corrected chi connectivity index (χ3v) is 7.31. The van der Waals surface area contributed by atoms with Gasteiger partial charge in [0.25, 0.3) is 0 Å². The van der Waals surface area contributed by atoms with E-state index in [9.17, 15) is 0 Å². The molecule has 0 bridgehead atoms. The van der Waals surface area contributed by atoms with E-state index < -0.39 is 0 Å². The molecular weight excluding hydrogens is 452 g/mol. The third-order valence-electron chi connectivity index (χ3n) is 7.31. The van der Waals surface area contributed by atoms with E-state index >= 15 is 0 Å². The second-order valence-electron chi connectivity index (χ2n) is 9.84. The summed E-state index contributed by atoms with van der Waals surface area (Å²) in [6, 6.07) is 30.3. The van der Waals surface area contributed by atoms with Gasteiger partial charge in [0.2, 0.25) is 0 Å². The minimum Gasteiger partial charge on any atom is -0.496 e. The van der Waals surface area contributed by atoms with Crippen molar-refractivity contribution < 1.29 is 4.74 Å². The first-order valence-electron chi connectivity index (χ1n) is 13.6. The minimum absolute atomic E-state index is 0.500. The molecule has 1 heterocycles. The van der Waals surface area contributed by atoms with Gasteiger partial charge in [-0.2, -0.15) is 0 Å². The van der Waals surface area contributed by atoms with E-state index in [1.165, 1.54) is 27.8 Å². The predicted octanol–water partition coefficient (Wildman–Crippen LogP) is 8.08. The summed E-state index contributed by atoms with van der Waals surface area (Å²) in [7, 11) is 1.77. The highest BCUT2D eigenvalue weighted by molar-refractivity contribution is 5.69. The van der Waals surface area contributed by atoms with Gasteiger partial charge in [-0.3, -0.25) is 9.88 Å². The molecule has 0 fully saturated rings. The molecule has 4 aromatic rings. The molecule has 192 valence electrons. The van der Waals surface area contributed by atoms with Crippen molar-refractivity contribution in [2.45, 2.75) is 59.0 Å². The molecule has 0 amide bonds. The molecule has 1 atom stereocenters. The number of aromatic nitrogens is 1. The molecule has 37 heavy (non-hydrogen) atoms. The van der Waals surface area contributed by atoms with Gasteiger partial charge in [0.1, 0.15) is 5.75 Å². The Morgan fingerprint density at radius 3 is 2.05 bits per heavy atom. The maximum atomic E-state index is 5.93. The molecule has 3 aromatic carbocycles. The molecule has 4 rings (SSSR count). The van der Waals surface area contributed by atoms with Crippen LogP contribution in [0.3, 0.4) is 0 Å². The molecule has 0 radical (unpaired) electrons. The number of benzene rings is 3. The van der Waals surface area contributed by atoms with Crippen molar-refractivity contribution in [2.75, 3.05) is 13.7 Å². The summed E-state index contributed by atoms with van der Waals surface area (Å²) < 4.78 is 5.93. The Hall–Kier alpha value is -3.43. The van der Waals surface area contributed by atoms with Crippen LogP contribution in [0, 0.1) is 0 Å². The molecule has 0 aliphatic heterocycles. The molecule has 3 heteroatoms. The van der Waals surface area contributed by atoms with Crippen LogP contribution in [0.5, 0.6) is 5.75 Å². The van der Waals surface area contributed by atoms with Gasteiger partial charge in [0.05, 0.1) is 12.8 Å². The number of pyridine rings is 1. The quantitative estimate of drug-likeness (QED) is 0.200. The molecule has 0 saturated heterocycles. The number of rotatable bonds is 12. The number of hydrogen-bond acceptors (Lipinski definition) is 3. The number of methoxy groups -OCH3 is 1. The Labute approximate surface area is 223 Å². The van der Waals surface area contributed by atoms with Gasteiger partial charge in [0, 0.05) is 36.5 Å². The van der Waals surface area contributed by atoms with Crippen LogP contribution < -0.4 is 4.74 Å². The van der Waals surface area contributed by atoms with Crippen molar-refractivity contribution in [2.24, 2.45) is 0 Å². The monoisotopic (exact) mass is 492 g/mol. The van der Waals surface area contributed by atoms with Gasteiger partial charge in [-0.15, -0.1) is 0 Å². The van der Waals surface area contributed by atoms with Crippen LogP contribution in [-0.4, -0.2) is 23.5 Å². The molecule has 3 nitrogen and oxygen atoms in total. The summed E-state index contributed by atoms with van der Waals surface area (Å²) in [5.74, 6) is 1.41. The Balaban J connectivity index is 1.59. The normalized spacial score (nSPS) is 12.0. The summed E-state index contributed by atoms with van der Waals surface area (Å²) in [6.07, 6.45) is 5.09. The standard InChI is InChI=1S/C34H40N2O/c1-5-28-18-13-19-29(6-2)34(28)32-22-33(37-4)31(23-35-32)25-36(24-27-14-9-7-10-15-27)21-20-26(3)30-16-11-8-12-17-30/h7-19,22-23,26H,5-6,20-21,24-25H2,1-4H3. The zero-order chi connectivity index (χ0) is 26.0. The van der Waals surface area contributed by atoms with E-state index in [4.69, 9.17) is 9.72 Å². The fourth-order valence-electron chi connectivity index (χ4n) is 5.10. The average Bonchev–Trinajstić information content (AvgIpc) is 2.96. The maximum absolute atomic E-state index is 5.93. The first-order chi connectivity index (χ1) is 18.1. The largest absolute Gasteiger partial charge is 0.496 e. The van der Waals surface area contributed by atoms with Gasteiger partial charge in [0.15, 0.2) is 0 Å². The molecule has 0 N–H and O–H groups in total. The Bertz CT molecular complexity index is 1230. The highest BCUT2D eigenvalue weighted by atomic mass is 16.5. The lowest BCUT2D eigenvalue weighted by atomic mass is 9.94. The number of aryl methyl sites for hydroxylation is 2. The van der Waals surface area contributed by atoms with Crippen LogP contribution in [0.1, 0.15) is 60.9 Å². The summed E-state index contributed by atoms with van der Waals surface area (Å²) in [4.78, 5) is 7.49. The molecule has 0 saturated carbocycles. The smallest absolute Gasteiger partial charge is 0.127 e. The number of hydrogen-bond donors (Lipinski definition) is 0. The van der Waals surface area contributed by atoms with Gasteiger partial charge in [-0.1, -0.05) is 99.6 Å². The zero-order valence-electron chi connectivity index (χ0n) is 22.8. The fourth-order valence-corrected chi connectivity index (χ4v) is 5.10. The highest BCUT2D eigenvalue weighted by Gasteiger charge is 2.17. The summed E-state index contributed by atoms with van der Waals surface area (Å²) in [5.41, 5.74) is 8.78. The first kappa shape index (κ1) is 26.6. The second kappa shape index (κ2) is 13.2. The molecule has 1 unspecified atom stereocenters. The Morgan fingerprint density at radius 2 is 1.43 bits per heavy atom. The average molecular weight is 493 g/mol. The molecule has 0 spiro atoms. The minimum atomic E-state index is 0.500. The lowest BCUT2D eigenvalue weighted by Gasteiger charge is -2.25. The van der Waals surface area contributed by atoms with Gasteiger partial charge >= 0.3 is 0 Å². The second-order valence-corrected chi connectivity index (χ2v) is 9.84. The first-order valence-corrected chi connectivity index (χ1v) is 13.6. The predicted molar refractivity (Wildman–Crippen MR) is 155 cm³/mol.